The number of benzene rings is 1. The summed E-state index contributed by atoms with van der Waals surface area (Å²) < 4.78 is 4.60. The molecule has 0 aliphatic rings. The Balaban J connectivity index is 2.06. The minimum absolute atomic E-state index is 0.211. The van der Waals surface area contributed by atoms with Gasteiger partial charge in [0, 0.05) is 23.1 Å². The van der Waals surface area contributed by atoms with Crippen LogP contribution in [0.1, 0.15) is 12.1 Å². The molecule has 0 fully saturated rings. The number of nitrogens with two attached hydrogens (primary N) is 1. The van der Waals surface area contributed by atoms with Crippen molar-refractivity contribution < 1.29 is 9.53 Å². The monoisotopic (exact) mass is 262 g/mol. The van der Waals surface area contributed by atoms with Crippen LogP contribution in [0.15, 0.2) is 29.6 Å². The second-order valence-electron chi connectivity index (χ2n) is 3.84. The molecule has 1 aromatic carbocycles. The van der Waals surface area contributed by atoms with E-state index < -0.39 is 0 Å². The van der Waals surface area contributed by atoms with Crippen molar-refractivity contribution in [3.05, 3.63) is 35.3 Å². The van der Waals surface area contributed by atoms with E-state index in [9.17, 15) is 4.79 Å². The summed E-state index contributed by atoms with van der Waals surface area (Å²) in [5.74, 6) is -0.211. The zero-order valence-corrected chi connectivity index (χ0v) is 10.9. The van der Waals surface area contributed by atoms with Gasteiger partial charge in [-0.2, -0.15) is 0 Å². The van der Waals surface area contributed by atoms with E-state index >= 15 is 0 Å². The molecule has 0 bridgehead atoms. The number of hydrogen-bond donors (Lipinski definition) is 1. The lowest BCUT2D eigenvalue weighted by Crippen LogP contribution is -2.01. The molecular formula is C13H14N2O2S. The van der Waals surface area contributed by atoms with Gasteiger partial charge in [-0.3, -0.25) is 4.79 Å². The number of nitrogens with zero attached hydrogens (tertiary/aromatic N) is 1. The summed E-state index contributed by atoms with van der Waals surface area (Å²) in [6.45, 7) is 0. The molecule has 1 heterocycles. The standard InChI is InChI=1S/C13H14N2O2S/c1-17-12(16)7-6-11-8-18-13(15-11)9-2-4-10(14)5-3-9/h2-5,8H,6-7,14H2,1H3. The van der Waals surface area contributed by atoms with E-state index in [1.165, 1.54) is 7.11 Å². The molecule has 2 N–H and O–H groups in total. The highest BCUT2D eigenvalue weighted by molar-refractivity contribution is 7.13. The zero-order chi connectivity index (χ0) is 13.0. The van der Waals surface area contributed by atoms with Crippen molar-refractivity contribution in [1.29, 1.82) is 0 Å². The Kier molecular flexibility index (Phi) is 3.94. The van der Waals surface area contributed by atoms with Crippen molar-refractivity contribution in [1.82, 2.24) is 4.98 Å². The first kappa shape index (κ1) is 12.6. The number of methoxy groups -OCH3 is 1. The van der Waals surface area contributed by atoms with Crippen LogP contribution in [0.3, 0.4) is 0 Å². The first-order chi connectivity index (χ1) is 8.69. The maximum absolute atomic E-state index is 11.0. The van der Waals surface area contributed by atoms with Gasteiger partial charge in [0.2, 0.25) is 0 Å². The highest BCUT2D eigenvalue weighted by atomic mass is 32.1. The van der Waals surface area contributed by atoms with E-state index in [-0.39, 0.29) is 5.97 Å². The molecule has 94 valence electrons. The fraction of sp³-hybridized carbons (Fsp3) is 0.231. The minimum atomic E-state index is -0.211. The quantitative estimate of drug-likeness (QED) is 0.679. The Morgan fingerprint density at radius 3 is 2.78 bits per heavy atom. The molecule has 5 heteroatoms. The van der Waals surface area contributed by atoms with E-state index in [1.807, 2.05) is 29.6 Å². The molecule has 2 aromatic rings. The number of anilines is 1. The fourth-order valence-electron chi connectivity index (χ4n) is 1.51. The number of hydrogen-bond acceptors (Lipinski definition) is 5. The highest BCUT2D eigenvalue weighted by Gasteiger charge is 2.07. The molecule has 2 rings (SSSR count). The molecule has 0 spiro atoms. The van der Waals surface area contributed by atoms with Crippen LogP contribution < -0.4 is 5.73 Å². The summed E-state index contributed by atoms with van der Waals surface area (Å²) in [6, 6.07) is 7.59. The largest absolute Gasteiger partial charge is 0.469 e. The van der Waals surface area contributed by atoms with Gasteiger partial charge >= 0.3 is 5.97 Å². The van der Waals surface area contributed by atoms with Crippen LogP contribution in [0.4, 0.5) is 5.69 Å². The van der Waals surface area contributed by atoms with Gasteiger partial charge < -0.3 is 10.5 Å². The third kappa shape index (κ3) is 3.07. The van der Waals surface area contributed by atoms with Crippen LogP contribution >= 0.6 is 11.3 Å². The molecule has 0 unspecified atom stereocenters. The van der Waals surface area contributed by atoms with Gasteiger partial charge in [-0.25, -0.2) is 4.98 Å². The number of ether oxygens (including phenoxy) is 1. The van der Waals surface area contributed by atoms with Crippen molar-refractivity contribution in [2.75, 3.05) is 12.8 Å². The van der Waals surface area contributed by atoms with Crippen LogP contribution in [0.2, 0.25) is 0 Å². The molecule has 0 amide bonds. The normalized spacial score (nSPS) is 10.3. The zero-order valence-electron chi connectivity index (χ0n) is 10.1. The number of rotatable bonds is 4. The lowest BCUT2D eigenvalue weighted by molar-refractivity contribution is -0.140. The number of carbonyl (C=O) groups excluding carboxylic acids is 1. The molecule has 0 saturated carbocycles. The second kappa shape index (κ2) is 5.64. The maximum Gasteiger partial charge on any atom is 0.305 e. The first-order valence-corrected chi connectivity index (χ1v) is 6.44. The van der Waals surface area contributed by atoms with Gasteiger partial charge in [-0.05, 0) is 24.3 Å². The number of carbonyl (C=O) groups is 1. The molecule has 0 aliphatic heterocycles. The second-order valence-corrected chi connectivity index (χ2v) is 4.70. The first-order valence-electron chi connectivity index (χ1n) is 5.56. The summed E-state index contributed by atoms with van der Waals surface area (Å²) in [5, 5.41) is 2.91. The Morgan fingerprint density at radius 2 is 2.11 bits per heavy atom. The van der Waals surface area contributed by atoms with E-state index in [1.54, 1.807) is 11.3 Å². The highest BCUT2D eigenvalue weighted by Crippen LogP contribution is 2.24. The molecule has 18 heavy (non-hydrogen) atoms. The lowest BCUT2D eigenvalue weighted by atomic mass is 10.2. The van der Waals surface area contributed by atoms with Crippen molar-refractivity contribution in [2.24, 2.45) is 0 Å². The average molecular weight is 262 g/mol. The van der Waals surface area contributed by atoms with Crippen LogP contribution in [0, 0.1) is 0 Å². The summed E-state index contributed by atoms with van der Waals surface area (Å²) in [5.41, 5.74) is 8.33. The van der Waals surface area contributed by atoms with Crippen molar-refractivity contribution >= 4 is 23.0 Å². The summed E-state index contributed by atoms with van der Waals surface area (Å²) in [7, 11) is 1.39. The van der Waals surface area contributed by atoms with Gasteiger partial charge in [0.1, 0.15) is 5.01 Å². The third-order valence-electron chi connectivity index (χ3n) is 2.52. The van der Waals surface area contributed by atoms with Crippen molar-refractivity contribution in [2.45, 2.75) is 12.8 Å². The van der Waals surface area contributed by atoms with Crippen LogP contribution in [0.25, 0.3) is 10.6 Å². The van der Waals surface area contributed by atoms with Gasteiger partial charge in [0.05, 0.1) is 19.2 Å². The van der Waals surface area contributed by atoms with E-state index in [0.29, 0.717) is 12.8 Å². The fourth-order valence-corrected chi connectivity index (χ4v) is 2.37. The topological polar surface area (TPSA) is 65.2 Å². The predicted molar refractivity (Wildman–Crippen MR) is 72.3 cm³/mol. The van der Waals surface area contributed by atoms with Gasteiger partial charge in [-0.15, -0.1) is 11.3 Å². The molecular weight excluding hydrogens is 248 g/mol. The van der Waals surface area contributed by atoms with E-state index in [4.69, 9.17) is 5.73 Å². The van der Waals surface area contributed by atoms with Gasteiger partial charge in [0.15, 0.2) is 0 Å². The molecule has 0 atom stereocenters. The number of esters is 1. The van der Waals surface area contributed by atoms with Gasteiger partial charge in [-0.1, -0.05) is 0 Å². The average Bonchev–Trinajstić information content (AvgIpc) is 2.85. The lowest BCUT2D eigenvalue weighted by Gasteiger charge is -1.97. The number of nitrogen functional groups attached to an aromatic ring is 1. The molecule has 0 saturated heterocycles. The molecule has 0 aliphatic carbocycles. The number of aromatic nitrogens is 1. The SMILES string of the molecule is COC(=O)CCc1csc(-c2ccc(N)cc2)n1. The van der Waals surface area contributed by atoms with E-state index in [0.717, 1.165) is 22.0 Å². The van der Waals surface area contributed by atoms with Crippen molar-refractivity contribution in [3.63, 3.8) is 0 Å². The Hall–Kier alpha value is -1.88. The molecule has 4 nitrogen and oxygen atoms in total. The number of aryl methyl sites for hydroxylation is 1. The molecule has 0 radical (unpaired) electrons. The number of thiazole rings is 1. The summed E-state index contributed by atoms with van der Waals surface area (Å²) in [4.78, 5) is 15.5. The van der Waals surface area contributed by atoms with E-state index in [2.05, 4.69) is 9.72 Å². The van der Waals surface area contributed by atoms with Crippen LogP contribution in [0.5, 0.6) is 0 Å². The van der Waals surface area contributed by atoms with Crippen LogP contribution in [-0.2, 0) is 16.0 Å². The maximum atomic E-state index is 11.0. The van der Waals surface area contributed by atoms with Crippen LogP contribution in [-0.4, -0.2) is 18.1 Å². The predicted octanol–water partition coefficient (Wildman–Crippen LogP) is 2.50. The summed E-state index contributed by atoms with van der Waals surface area (Å²) >= 11 is 1.56. The Bertz CT molecular complexity index is 534. The third-order valence-corrected chi connectivity index (χ3v) is 3.46. The Morgan fingerprint density at radius 1 is 1.39 bits per heavy atom. The smallest absolute Gasteiger partial charge is 0.305 e. The summed E-state index contributed by atoms with van der Waals surface area (Å²) in [6.07, 6.45) is 0.972. The van der Waals surface area contributed by atoms with Gasteiger partial charge in [0.25, 0.3) is 0 Å². The minimum Gasteiger partial charge on any atom is -0.469 e. The Labute approximate surface area is 109 Å². The molecule has 1 aromatic heterocycles. The van der Waals surface area contributed by atoms with Crippen molar-refractivity contribution in [3.8, 4) is 10.6 Å².